The molecule has 0 bridgehead atoms. The summed E-state index contributed by atoms with van der Waals surface area (Å²) < 4.78 is 34.7. The molecule has 8 aliphatic rings. The lowest BCUT2D eigenvalue weighted by Crippen LogP contribution is -2.68. The van der Waals surface area contributed by atoms with Crippen LogP contribution in [-0.4, -0.2) is 180 Å². The maximum absolute atomic E-state index is 15.0. The molecule has 382 valence electrons. The van der Waals surface area contributed by atoms with Crippen LogP contribution in [-0.2, 0) is 38.0 Å². The van der Waals surface area contributed by atoms with Crippen LogP contribution in [0.15, 0.2) is 12.2 Å². The summed E-state index contributed by atoms with van der Waals surface area (Å²) in [6, 6.07) is 0. The van der Waals surface area contributed by atoms with Gasteiger partial charge in [0, 0.05) is 0 Å². The molecule has 0 amide bonds. The van der Waals surface area contributed by atoms with Crippen molar-refractivity contribution in [3.63, 3.8) is 0 Å². The number of hydrogen-bond donors (Lipinski definition) is 11. The smallest absolute Gasteiger partial charge is 0.314 e. The van der Waals surface area contributed by atoms with Crippen molar-refractivity contribution in [3.8, 4) is 0 Å². The molecule has 5 aliphatic carbocycles. The Morgan fingerprint density at radius 3 is 1.96 bits per heavy atom. The molecule has 0 aromatic carbocycles. The third-order valence-electron chi connectivity index (χ3n) is 19.8. The minimum atomic E-state index is -1.87. The van der Waals surface area contributed by atoms with Gasteiger partial charge in [0.15, 0.2) is 12.6 Å². The summed E-state index contributed by atoms with van der Waals surface area (Å²) in [7, 11) is 0. The van der Waals surface area contributed by atoms with Crippen molar-refractivity contribution in [3.05, 3.63) is 12.2 Å². The van der Waals surface area contributed by atoms with Crippen molar-refractivity contribution in [2.24, 2.45) is 56.7 Å². The van der Waals surface area contributed by atoms with Gasteiger partial charge in [0.25, 0.3) is 0 Å². The molecule has 26 atom stereocenters. The lowest BCUT2D eigenvalue weighted by Gasteiger charge is -2.72. The number of esters is 1. The summed E-state index contributed by atoms with van der Waals surface area (Å²) in [5.74, 6) is -1.66. The van der Waals surface area contributed by atoms with Crippen molar-refractivity contribution >= 4 is 11.9 Å². The Morgan fingerprint density at radius 2 is 1.30 bits per heavy atom. The Bertz CT molecular complexity index is 1850. The van der Waals surface area contributed by atoms with Crippen LogP contribution in [0.5, 0.6) is 0 Å². The van der Waals surface area contributed by atoms with Crippen molar-refractivity contribution in [2.75, 3.05) is 13.2 Å². The normalized spacial score (nSPS) is 55.3. The lowest BCUT2D eigenvalue weighted by molar-refractivity contribution is -0.361. The Morgan fingerprint density at radius 1 is 0.657 bits per heavy atom. The molecule has 5 saturated carbocycles. The molecule has 67 heavy (non-hydrogen) atoms. The highest BCUT2D eigenvalue weighted by Gasteiger charge is 2.73. The molecule has 3 heterocycles. The average molecular weight is 957 g/mol. The molecular formula is C48H76O19. The van der Waals surface area contributed by atoms with Gasteiger partial charge in [-0.15, -0.1) is 0 Å². The van der Waals surface area contributed by atoms with Crippen LogP contribution in [0.1, 0.15) is 106 Å². The number of aliphatic carboxylic acids is 1. The van der Waals surface area contributed by atoms with E-state index in [2.05, 4.69) is 27.4 Å². The highest BCUT2D eigenvalue weighted by molar-refractivity contribution is 5.78. The summed E-state index contributed by atoms with van der Waals surface area (Å²) in [5, 5.41) is 118. The molecule has 0 radical (unpaired) electrons. The minimum absolute atomic E-state index is 0.0107. The second-order valence-electron chi connectivity index (χ2n) is 22.7. The fourth-order valence-electron chi connectivity index (χ4n) is 15.7. The van der Waals surface area contributed by atoms with Crippen LogP contribution >= 0.6 is 0 Å². The monoisotopic (exact) mass is 956 g/mol. The first-order valence-electron chi connectivity index (χ1n) is 24.4. The van der Waals surface area contributed by atoms with E-state index >= 15 is 0 Å². The predicted octanol–water partition coefficient (Wildman–Crippen LogP) is 0.0887. The van der Waals surface area contributed by atoms with Gasteiger partial charge >= 0.3 is 11.9 Å². The number of hydrogen-bond acceptors (Lipinski definition) is 18. The zero-order valence-electron chi connectivity index (χ0n) is 39.5. The van der Waals surface area contributed by atoms with Gasteiger partial charge in [0.1, 0.15) is 67.1 Å². The van der Waals surface area contributed by atoms with Crippen LogP contribution in [0, 0.1) is 56.7 Å². The highest BCUT2D eigenvalue weighted by atomic mass is 16.8. The first-order valence-corrected chi connectivity index (χ1v) is 24.4. The molecule has 11 N–H and O–H groups in total. The van der Waals surface area contributed by atoms with Crippen LogP contribution in [0.4, 0.5) is 0 Å². The van der Waals surface area contributed by atoms with Gasteiger partial charge < -0.3 is 84.6 Å². The second-order valence-corrected chi connectivity index (χ2v) is 22.7. The maximum Gasteiger partial charge on any atom is 0.314 e. The Labute approximate surface area is 391 Å². The number of fused-ring (bicyclic) bond motifs is 7. The predicted molar refractivity (Wildman–Crippen MR) is 231 cm³/mol. The Kier molecular flexibility index (Phi) is 14.0. The number of aliphatic hydroxyl groups is 10. The topological polar surface area (TPSA) is 312 Å². The number of aliphatic hydroxyl groups excluding tert-OH is 10. The standard InChI is InChI=1S/C48H76O19/c1-20(2)22-10-15-48(17-16-45(5)23(29(22)48)8-9-26-44(4)13-12-28(50)47(7,42(59)60)27(44)11-14-46(26,45)6)43(61)67-41-36(57)33(54)31(52)25(65-41)19-62-39-37(58)34(55)38(24(18-49)64-39)66-40-35(56)32(53)30(51)21(3)63-40/h21-41,49-58H,1,8-19H2,2-7H3,(H,59,60)/t21-,22-,23+,24+,25+,26+,27+,28+,29-,30-,31+,32+,33-,34-,35+,36+,37+,38+,39+,40-,41-,44+,45+,46+,47-,48-/m0/s1. The van der Waals surface area contributed by atoms with Gasteiger partial charge in [-0.2, -0.15) is 0 Å². The van der Waals surface area contributed by atoms with Crippen LogP contribution in [0.25, 0.3) is 0 Å². The molecule has 3 saturated heterocycles. The van der Waals surface area contributed by atoms with Crippen molar-refractivity contribution < 1.29 is 94.2 Å². The first kappa shape index (κ1) is 51.4. The van der Waals surface area contributed by atoms with E-state index in [0.717, 1.165) is 31.3 Å². The lowest BCUT2D eigenvalue weighted by atomic mass is 9.32. The SMILES string of the molecule is C=C(C)[C@@H]1CC[C@]2(C(=O)O[C@@H]3O[C@H](CO[C@@H]4O[C@H](CO)[C@@H](O[C@@H]5O[C@@H](C)[C@H](O)[C@@H](O)[C@H]5O)[C@@H](O)[C@H]4O)[C@@H](O)[C@H](O)[C@H]3O)CC[C@]3(C)[C@H](CC[C@@H]4[C@@]5(C)CC[C@@H](O)[C@@](C)(C(=O)O)[C@@H]5CC[C@]43C)[C@H]12. The van der Waals surface area contributed by atoms with Gasteiger partial charge in [-0.1, -0.05) is 32.9 Å². The van der Waals surface area contributed by atoms with Crippen LogP contribution in [0.3, 0.4) is 0 Å². The summed E-state index contributed by atoms with van der Waals surface area (Å²) in [6.45, 7) is 15.1. The van der Waals surface area contributed by atoms with E-state index in [1.165, 1.54) is 6.92 Å². The first-order chi connectivity index (χ1) is 31.3. The third-order valence-corrected chi connectivity index (χ3v) is 19.8. The fraction of sp³-hybridized carbons (Fsp3) is 0.917. The molecule has 19 nitrogen and oxygen atoms in total. The quantitative estimate of drug-likeness (QED) is 0.102. The number of carboxylic acids is 1. The van der Waals surface area contributed by atoms with Crippen molar-refractivity contribution in [2.45, 2.75) is 204 Å². The molecule has 0 unspecified atom stereocenters. The van der Waals surface area contributed by atoms with Crippen LogP contribution in [0.2, 0.25) is 0 Å². The van der Waals surface area contributed by atoms with Gasteiger partial charge in [-0.25, -0.2) is 0 Å². The summed E-state index contributed by atoms with van der Waals surface area (Å²) in [5.41, 5.74) is -2.04. The molecule has 8 fully saturated rings. The number of carboxylic acid groups (broad SMARTS) is 1. The second kappa shape index (κ2) is 18.3. The van der Waals surface area contributed by atoms with E-state index in [-0.39, 0.29) is 45.8 Å². The van der Waals surface area contributed by atoms with Gasteiger partial charge in [-0.3, -0.25) is 9.59 Å². The van der Waals surface area contributed by atoms with Crippen molar-refractivity contribution in [1.82, 2.24) is 0 Å². The third kappa shape index (κ3) is 7.79. The number of allylic oxidation sites excluding steroid dienone is 1. The van der Waals surface area contributed by atoms with E-state index in [1.54, 1.807) is 6.92 Å². The van der Waals surface area contributed by atoms with E-state index in [4.69, 9.17) is 28.4 Å². The zero-order valence-corrected chi connectivity index (χ0v) is 39.5. The summed E-state index contributed by atoms with van der Waals surface area (Å²) in [6.07, 6.45) is -18.7. The summed E-state index contributed by atoms with van der Waals surface area (Å²) >= 11 is 0. The average Bonchev–Trinajstić information content (AvgIpc) is 3.69. The Balaban J connectivity index is 0.969. The zero-order chi connectivity index (χ0) is 49.1. The molecule has 8 rings (SSSR count). The molecule has 19 heteroatoms. The molecule has 0 aromatic rings. The molecule has 0 spiro atoms. The van der Waals surface area contributed by atoms with E-state index in [9.17, 15) is 65.8 Å². The molecule has 3 aliphatic heterocycles. The van der Waals surface area contributed by atoms with E-state index < -0.39 is 134 Å². The van der Waals surface area contributed by atoms with Gasteiger partial charge in [0.2, 0.25) is 6.29 Å². The largest absolute Gasteiger partial charge is 0.481 e. The number of ether oxygens (including phenoxy) is 6. The van der Waals surface area contributed by atoms with Gasteiger partial charge in [-0.05, 0) is 131 Å². The van der Waals surface area contributed by atoms with Gasteiger partial charge in [0.05, 0.1) is 36.3 Å². The minimum Gasteiger partial charge on any atom is -0.481 e. The molecular weight excluding hydrogens is 881 g/mol. The van der Waals surface area contributed by atoms with E-state index in [1.807, 2.05) is 6.92 Å². The number of rotatable bonds is 10. The van der Waals surface area contributed by atoms with E-state index in [0.29, 0.717) is 38.5 Å². The highest BCUT2D eigenvalue weighted by Crippen LogP contribution is 2.77. The molecule has 0 aromatic heterocycles. The van der Waals surface area contributed by atoms with Crippen molar-refractivity contribution in [1.29, 1.82) is 0 Å². The van der Waals surface area contributed by atoms with Crippen LogP contribution < -0.4 is 0 Å². The number of carbonyl (C=O) groups excluding carboxylic acids is 1. The summed E-state index contributed by atoms with van der Waals surface area (Å²) in [4.78, 5) is 27.8. The number of carbonyl (C=O) groups is 2. The Hall–Kier alpha value is -1.92. The maximum atomic E-state index is 15.0. The fourth-order valence-corrected chi connectivity index (χ4v) is 15.7.